The number of aromatic nitrogens is 5. The largest absolute Gasteiger partial charge is 0.351 e. The molecule has 40 heavy (non-hydrogen) atoms. The predicted octanol–water partition coefficient (Wildman–Crippen LogP) is 3.10. The molecule has 0 saturated heterocycles. The van der Waals surface area contributed by atoms with E-state index in [0.717, 1.165) is 32.5 Å². The summed E-state index contributed by atoms with van der Waals surface area (Å²) in [5.74, 6) is 0.120. The Balaban J connectivity index is 1.48. The summed E-state index contributed by atoms with van der Waals surface area (Å²) in [6.45, 7) is 9.84. The molecule has 0 aliphatic heterocycles. The van der Waals surface area contributed by atoms with E-state index in [-0.39, 0.29) is 16.8 Å². The first-order valence-electron chi connectivity index (χ1n) is 13.4. The van der Waals surface area contributed by atoms with Crippen LogP contribution in [0.4, 0.5) is 11.6 Å². The van der Waals surface area contributed by atoms with Gasteiger partial charge >= 0.3 is 0 Å². The van der Waals surface area contributed by atoms with Crippen molar-refractivity contribution in [3.05, 3.63) is 60.3 Å². The van der Waals surface area contributed by atoms with Crippen LogP contribution in [0.2, 0.25) is 0 Å². The second kappa shape index (κ2) is 13.4. The molecule has 2 heterocycles. The van der Waals surface area contributed by atoms with Gasteiger partial charge < -0.3 is 15.5 Å². The molecule has 0 fully saturated rings. The maximum Gasteiger partial charge on any atom is 0.251 e. The number of amides is 1. The van der Waals surface area contributed by atoms with Crippen molar-refractivity contribution < 1.29 is 13.2 Å². The monoisotopic (exact) mass is 565 g/mol. The Morgan fingerprint density at radius 2 is 1.80 bits per heavy atom. The van der Waals surface area contributed by atoms with Crippen molar-refractivity contribution >= 4 is 38.7 Å². The van der Waals surface area contributed by atoms with E-state index in [1.54, 1.807) is 47.3 Å². The summed E-state index contributed by atoms with van der Waals surface area (Å²) in [5.41, 5.74) is 2.69. The molecule has 2 aromatic heterocycles. The van der Waals surface area contributed by atoms with E-state index in [1.807, 2.05) is 6.92 Å². The third-order valence-corrected chi connectivity index (χ3v) is 7.86. The Kier molecular flexibility index (Phi) is 9.74. The summed E-state index contributed by atoms with van der Waals surface area (Å²) in [7, 11) is -3.62. The molecule has 4 rings (SSSR count). The van der Waals surface area contributed by atoms with Crippen molar-refractivity contribution in [2.24, 2.45) is 0 Å². The molecule has 0 saturated carbocycles. The van der Waals surface area contributed by atoms with Crippen LogP contribution in [-0.4, -0.2) is 76.9 Å². The quantitative estimate of drug-likeness (QED) is 0.196. The molecule has 1 amide bonds. The van der Waals surface area contributed by atoms with E-state index >= 15 is 0 Å². The number of benzene rings is 2. The minimum atomic E-state index is -3.62. The fourth-order valence-corrected chi connectivity index (χ4v) is 5.14. The Labute approximate surface area is 234 Å². The van der Waals surface area contributed by atoms with E-state index in [9.17, 15) is 13.2 Å². The van der Waals surface area contributed by atoms with Crippen LogP contribution in [0.3, 0.4) is 0 Å². The maximum absolute atomic E-state index is 12.6. The molecule has 12 nitrogen and oxygen atoms in total. The molecule has 0 radical (unpaired) electrons. The van der Waals surface area contributed by atoms with Crippen LogP contribution < -0.4 is 15.4 Å². The molecule has 0 aliphatic rings. The highest BCUT2D eigenvalue weighted by Gasteiger charge is 2.15. The number of hydrogen-bond donors (Lipinski definition) is 3. The summed E-state index contributed by atoms with van der Waals surface area (Å²) >= 11 is 0. The van der Waals surface area contributed by atoms with Crippen LogP contribution in [0.25, 0.3) is 16.9 Å². The van der Waals surface area contributed by atoms with Crippen molar-refractivity contribution in [2.75, 3.05) is 38.0 Å². The third-order valence-electron chi connectivity index (χ3n) is 6.40. The summed E-state index contributed by atoms with van der Waals surface area (Å²) in [6, 6.07) is 13.5. The van der Waals surface area contributed by atoms with Crippen molar-refractivity contribution in [1.82, 2.24) is 39.9 Å². The summed E-state index contributed by atoms with van der Waals surface area (Å²) in [6.07, 6.45) is 3.20. The summed E-state index contributed by atoms with van der Waals surface area (Å²) in [5, 5.41) is 14.4. The Morgan fingerprint density at radius 3 is 2.52 bits per heavy atom. The van der Waals surface area contributed by atoms with Gasteiger partial charge in [0.15, 0.2) is 11.2 Å². The number of anilines is 2. The van der Waals surface area contributed by atoms with Gasteiger partial charge in [0.2, 0.25) is 16.0 Å². The van der Waals surface area contributed by atoms with Crippen LogP contribution in [0, 0.1) is 0 Å². The van der Waals surface area contributed by atoms with Crippen LogP contribution in [0.5, 0.6) is 0 Å². The zero-order valence-corrected chi connectivity index (χ0v) is 23.8. The van der Waals surface area contributed by atoms with Gasteiger partial charge in [0, 0.05) is 30.9 Å². The lowest BCUT2D eigenvalue weighted by atomic mass is 10.2. The number of hydrogen-bond acceptors (Lipinski definition) is 9. The molecule has 0 unspecified atom stereocenters. The van der Waals surface area contributed by atoms with Crippen LogP contribution in [0.1, 0.15) is 44.0 Å². The number of nitrogens with zero attached hydrogens (tertiary/aromatic N) is 6. The summed E-state index contributed by atoms with van der Waals surface area (Å²) in [4.78, 5) is 23.8. The van der Waals surface area contributed by atoms with Crippen molar-refractivity contribution in [2.45, 2.75) is 38.5 Å². The summed E-state index contributed by atoms with van der Waals surface area (Å²) < 4.78 is 29.4. The topological polar surface area (TPSA) is 147 Å². The molecule has 2 aromatic carbocycles. The lowest BCUT2D eigenvalue weighted by Crippen LogP contribution is -2.34. The van der Waals surface area contributed by atoms with Gasteiger partial charge in [-0.3, -0.25) is 4.79 Å². The number of rotatable bonds is 14. The van der Waals surface area contributed by atoms with Gasteiger partial charge in [-0.25, -0.2) is 18.1 Å². The van der Waals surface area contributed by atoms with Gasteiger partial charge in [-0.05, 0) is 62.0 Å². The third kappa shape index (κ3) is 7.17. The molecular formula is C27H35N9O3S. The molecule has 13 heteroatoms. The van der Waals surface area contributed by atoms with Gasteiger partial charge in [0.1, 0.15) is 0 Å². The van der Waals surface area contributed by atoms with E-state index in [0.29, 0.717) is 41.2 Å². The molecule has 212 valence electrons. The van der Waals surface area contributed by atoms with Gasteiger partial charge in [-0.2, -0.15) is 9.67 Å². The zero-order chi connectivity index (χ0) is 28.5. The van der Waals surface area contributed by atoms with Gasteiger partial charge in [0.05, 0.1) is 16.8 Å². The molecule has 0 bridgehead atoms. The standard InChI is InChI=1S/C27H35N9O3S/c1-4-7-15-30-40(38,39)23-10-8-9-21(18-23)31-27-29-19-24-25(32-27)36(34-33-24)22-13-11-20(12-14-22)26(37)28-16-17-35(5-2)6-3/h8-14,18-19,30H,4-7,15-17H2,1-3H3,(H,28,37)(H,29,31,32). The number of sulfonamides is 1. The van der Waals surface area contributed by atoms with Crippen LogP contribution in [-0.2, 0) is 10.0 Å². The molecular weight excluding hydrogens is 530 g/mol. The van der Waals surface area contributed by atoms with E-state index in [4.69, 9.17) is 0 Å². The highest BCUT2D eigenvalue weighted by atomic mass is 32.2. The Bertz CT molecular complexity index is 1530. The van der Waals surface area contributed by atoms with Gasteiger partial charge in [0.25, 0.3) is 5.91 Å². The average Bonchev–Trinajstić information content (AvgIpc) is 3.39. The molecule has 0 spiro atoms. The van der Waals surface area contributed by atoms with Crippen LogP contribution >= 0.6 is 0 Å². The number of nitrogens with one attached hydrogen (secondary N) is 3. The first-order valence-corrected chi connectivity index (χ1v) is 14.9. The van der Waals surface area contributed by atoms with Crippen molar-refractivity contribution in [1.29, 1.82) is 0 Å². The highest BCUT2D eigenvalue weighted by Crippen LogP contribution is 2.21. The normalized spacial score (nSPS) is 11.7. The number of fused-ring (bicyclic) bond motifs is 1. The van der Waals surface area contributed by atoms with Gasteiger partial charge in [-0.15, -0.1) is 5.10 Å². The predicted molar refractivity (Wildman–Crippen MR) is 154 cm³/mol. The van der Waals surface area contributed by atoms with Crippen LogP contribution in [0.15, 0.2) is 59.6 Å². The van der Waals surface area contributed by atoms with Crippen molar-refractivity contribution in [3.63, 3.8) is 0 Å². The number of carbonyl (C=O) groups is 1. The molecule has 4 aromatic rings. The smallest absolute Gasteiger partial charge is 0.251 e. The first kappa shape index (κ1) is 29.1. The number of likely N-dealkylation sites (N-methyl/N-ethyl adjacent to an activating group) is 1. The van der Waals surface area contributed by atoms with Gasteiger partial charge in [-0.1, -0.05) is 38.5 Å². The van der Waals surface area contributed by atoms with E-state index < -0.39 is 10.0 Å². The Morgan fingerprint density at radius 1 is 1.02 bits per heavy atom. The maximum atomic E-state index is 12.6. The number of unbranched alkanes of at least 4 members (excludes halogenated alkanes) is 1. The number of carbonyl (C=O) groups excluding carboxylic acids is 1. The second-order valence-corrected chi connectivity index (χ2v) is 10.9. The fraction of sp³-hybridized carbons (Fsp3) is 0.370. The minimum Gasteiger partial charge on any atom is -0.351 e. The minimum absolute atomic E-state index is 0.138. The Hall–Kier alpha value is -3.94. The lowest BCUT2D eigenvalue weighted by molar-refractivity contribution is 0.0949. The fourth-order valence-electron chi connectivity index (χ4n) is 4.02. The molecule has 0 aliphatic carbocycles. The van der Waals surface area contributed by atoms with Crippen molar-refractivity contribution in [3.8, 4) is 5.69 Å². The van der Waals surface area contributed by atoms with E-state index in [1.165, 1.54) is 12.1 Å². The van der Waals surface area contributed by atoms with E-state index in [2.05, 4.69) is 54.4 Å². The SMILES string of the molecule is CCCCNS(=O)(=O)c1cccc(Nc2ncc3nnn(-c4ccc(C(=O)NCCN(CC)CC)cc4)c3n2)c1. The zero-order valence-electron chi connectivity index (χ0n) is 23.0. The first-order chi connectivity index (χ1) is 19.3. The molecule has 3 N–H and O–H groups in total. The lowest BCUT2D eigenvalue weighted by Gasteiger charge is -2.17. The second-order valence-electron chi connectivity index (χ2n) is 9.14. The highest BCUT2D eigenvalue weighted by molar-refractivity contribution is 7.89. The molecule has 0 atom stereocenters. The average molecular weight is 566 g/mol.